The molecular formula is C14H10NOS. The summed E-state index contributed by atoms with van der Waals surface area (Å²) in [5, 5.41) is 4.26. The Labute approximate surface area is 104 Å². The third-order valence-corrected chi connectivity index (χ3v) is 3.50. The van der Waals surface area contributed by atoms with Gasteiger partial charge in [-0.25, -0.2) is 0 Å². The maximum absolute atomic E-state index is 5.36. The van der Waals surface area contributed by atoms with Crippen molar-refractivity contribution in [1.29, 1.82) is 0 Å². The van der Waals surface area contributed by atoms with Gasteiger partial charge in [-0.05, 0) is 18.2 Å². The highest BCUT2D eigenvalue weighted by Gasteiger charge is 2.11. The second kappa shape index (κ2) is 4.18. The molecule has 1 aromatic carbocycles. The minimum atomic E-state index is 0.797. The highest BCUT2D eigenvalue weighted by molar-refractivity contribution is 7.17. The zero-order valence-corrected chi connectivity index (χ0v) is 10.1. The van der Waals surface area contributed by atoms with Crippen LogP contribution < -0.4 is 4.74 Å². The largest absolute Gasteiger partial charge is 0.495 e. The summed E-state index contributed by atoms with van der Waals surface area (Å²) in [6.45, 7) is 0. The monoisotopic (exact) mass is 240 g/mol. The van der Waals surface area contributed by atoms with Crippen LogP contribution in [0.15, 0.2) is 42.6 Å². The summed E-state index contributed by atoms with van der Waals surface area (Å²) in [7, 11) is 1.67. The third-order valence-electron chi connectivity index (χ3n) is 2.65. The molecule has 3 rings (SSSR count). The summed E-state index contributed by atoms with van der Waals surface area (Å²) in [5.41, 5.74) is 2.06. The minimum absolute atomic E-state index is 0.797. The van der Waals surface area contributed by atoms with E-state index in [1.165, 1.54) is 4.70 Å². The van der Waals surface area contributed by atoms with Crippen LogP contribution in [0.3, 0.4) is 0 Å². The average Bonchev–Trinajstić information content (AvgIpc) is 2.82. The molecule has 3 aromatic rings. The Hall–Kier alpha value is -1.87. The molecule has 0 amide bonds. The van der Waals surface area contributed by atoms with E-state index in [0.29, 0.717) is 0 Å². The highest BCUT2D eigenvalue weighted by atomic mass is 32.1. The molecule has 0 spiro atoms. The summed E-state index contributed by atoms with van der Waals surface area (Å²) >= 11 is 1.57. The van der Waals surface area contributed by atoms with E-state index in [-0.39, 0.29) is 0 Å². The van der Waals surface area contributed by atoms with Gasteiger partial charge in [-0.15, -0.1) is 11.3 Å². The molecule has 83 valence electrons. The normalized spacial score (nSPS) is 10.6. The summed E-state index contributed by atoms with van der Waals surface area (Å²) in [6.07, 6.45) is 1.80. The van der Waals surface area contributed by atoms with Gasteiger partial charge in [0.1, 0.15) is 5.75 Å². The van der Waals surface area contributed by atoms with E-state index in [1.54, 1.807) is 24.6 Å². The topological polar surface area (TPSA) is 22.1 Å². The lowest BCUT2D eigenvalue weighted by atomic mass is 10.1. The number of methoxy groups -OCH3 is 1. The Morgan fingerprint density at radius 1 is 1.18 bits per heavy atom. The van der Waals surface area contributed by atoms with Crippen LogP contribution in [0.2, 0.25) is 0 Å². The number of hydrogen-bond acceptors (Lipinski definition) is 3. The van der Waals surface area contributed by atoms with E-state index in [2.05, 4.69) is 22.5 Å². The molecule has 2 heterocycles. The minimum Gasteiger partial charge on any atom is -0.495 e. The van der Waals surface area contributed by atoms with Crippen LogP contribution in [0, 0.1) is 5.38 Å². The van der Waals surface area contributed by atoms with Crippen LogP contribution >= 0.6 is 11.3 Å². The fourth-order valence-electron chi connectivity index (χ4n) is 1.88. The van der Waals surface area contributed by atoms with Crippen LogP contribution in [0.25, 0.3) is 21.3 Å². The van der Waals surface area contributed by atoms with Crippen LogP contribution in [0.4, 0.5) is 0 Å². The van der Waals surface area contributed by atoms with Crippen LogP contribution in [0.5, 0.6) is 5.75 Å². The quantitative estimate of drug-likeness (QED) is 0.680. The molecule has 0 unspecified atom stereocenters. The Kier molecular flexibility index (Phi) is 2.53. The summed E-state index contributed by atoms with van der Waals surface area (Å²) in [6, 6.07) is 12.1. The maximum Gasteiger partial charge on any atom is 0.146 e. The number of ether oxygens (including phenoxy) is 1. The third kappa shape index (κ3) is 1.68. The zero-order chi connectivity index (χ0) is 11.7. The number of nitrogens with zero attached hydrogens (tertiary/aromatic N) is 1. The van der Waals surface area contributed by atoms with Crippen molar-refractivity contribution in [2.75, 3.05) is 7.11 Å². The predicted octanol–water partition coefficient (Wildman–Crippen LogP) is 3.77. The van der Waals surface area contributed by atoms with Crippen molar-refractivity contribution in [2.24, 2.45) is 0 Å². The first-order valence-corrected chi connectivity index (χ1v) is 6.10. The van der Waals surface area contributed by atoms with Crippen molar-refractivity contribution < 1.29 is 4.74 Å². The van der Waals surface area contributed by atoms with Crippen LogP contribution in [-0.2, 0) is 0 Å². The molecule has 1 radical (unpaired) electrons. The number of fused-ring (bicyclic) bond motifs is 1. The van der Waals surface area contributed by atoms with E-state index < -0.39 is 0 Å². The van der Waals surface area contributed by atoms with Gasteiger partial charge in [0.25, 0.3) is 0 Å². The lowest BCUT2D eigenvalue weighted by Crippen LogP contribution is -1.85. The van der Waals surface area contributed by atoms with Gasteiger partial charge in [0.15, 0.2) is 0 Å². The van der Waals surface area contributed by atoms with Crippen LogP contribution in [0.1, 0.15) is 0 Å². The molecule has 0 fully saturated rings. The first-order chi connectivity index (χ1) is 8.40. The lowest BCUT2D eigenvalue weighted by molar-refractivity contribution is 0.420. The molecule has 2 aromatic heterocycles. The Balaban J connectivity index is 2.33. The van der Waals surface area contributed by atoms with Crippen molar-refractivity contribution in [3.05, 3.63) is 48.0 Å². The van der Waals surface area contributed by atoms with E-state index in [1.807, 2.05) is 24.3 Å². The summed E-state index contributed by atoms with van der Waals surface area (Å²) in [5.74, 6) is 0.797. The Bertz CT molecular complexity index is 646. The molecule has 2 nitrogen and oxygen atoms in total. The van der Waals surface area contributed by atoms with Gasteiger partial charge in [-0.1, -0.05) is 18.2 Å². The highest BCUT2D eigenvalue weighted by Crippen LogP contribution is 2.38. The van der Waals surface area contributed by atoms with E-state index >= 15 is 0 Å². The second-order valence-electron chi connectivity index (χ2n) is 3.63. The molecule has 3 heteroatoms. The second-order valence-corrected chi connectivity index (χ2v) is 4.48. The summed E-state index contributed by atoms with van der Waals surface area (Å²) < 4.78 is 6.53. The Morgan fingerprint density at radius 3 is 2.88 bits per heavy atom. The molecule has 0 saturated heterocycles. The van der Waals surface area contributed by atoms with Gasteiger partial charge < -0.3 is 4.74 Å². The molecular weight excluding hydrogens is 230 g/mol. The molecule has 0 bridgehead atoms. The van der Waals surface area contributed by atoms with E-state index in [0.717, 1.165) is 22.4 Å². The number of benzene rings is 1. The SMILES string of the molecule is COc1[c]sc2cccc(-c3ccccn3)c12. The number of hydrogen-bond donors (Lipinski definition) is 0. The summed E-state index contributed by atoms with van der Waals surface area (Å²) in [4.78, 5) is 4.39. The Morgan fingerprint density at radius 2 is 2.12 bits per heavy atom. The maximum atomic E-state index is 5.36. The fourth-order valence-corrected chi connectivity index (χ4v) is 2.72. The molecule has 17 heavy (non-hydrogen) atoms. The molecule has 0 aliphatic heterocycles. The van der Waals surface area contributed by atoms with Crippen molar-refractivity contribution in [2.45, 2.75) is 0 Å². The standard InChI is InChI=1S/C14H10NOS/c1-16-12-9-17-13-7-4-5-10(14(12)13)11-6-2-3-8-15-11/h2-8H,1H3. The molecule has 0 aliphatic rings. The predicted molar refractivity (Wildman–Crippen MR) is 70.4 cm³/mol. The number of pyridine rings is 1. The van der Waals surface area contributed by atoms with E-state index in [4.69, 9.17) is 4.74 Å². The fraction of sp³-hybridized carbons (Fsp3) is 0.0714. The van der Waals surface area contributed by atoms with Gasteiger partial charge in [-0.3, -0.25) is 4.98 Å². The van der Waals surface area contributed by atoms with Crippen molar-refractivity contribution in [3.8, 4) is 17.0 Å². The first-order valence-electron chi connectivity index (χ1n) is 5.29. The van der Waals surface area contributed by atoms with E-state index in [9.17, 15) is 0 Å². The zero-order valence-electron chi connectivity index (χ0n) is 9.31. The number of thiophene rings is 1. The average molecular weight is 240 g/mol. The lowest BCUT2D eigenvalue weighted by Gasteiger charge is -2.04. The van der Waals surface area contributed by atoms with Crippen molar-refractivity contribution >= 4 is 21.4 Å². The van der Waals surface area contributed by atoms with Gasteiger partial charge >= 0.3 is 0 Å². The number of aromatic nitrogens is 1. The number of rotatable bonds is 2. The first kappa shape index (κ1) is 10.3. The van der Waals surface area contributed by atoms with Gasteiger partial charge in [0.05, 0.1) is 18.2 Å². The smallest absolute Gasteiger partial charge is 0.146 e. The van der Waals surface area contributed by atoms with Gasteiger partial charge in [-0.2, -0.15) is 0 Å². The van der Waals surface area contributed by atoms with Gasteiger partial charge in [0.2, 0.25) is 0 Å². The molecule has 0 aliphatic carbocycles. The van der Waals surface area contributed by atoms with Gasteiger partial charge in [0, 0.05) is 21.8 Å². The molecule has 0 saturated carbocycles. The van der Waals surface area contributed by atoms with Crippen molar-refractivity contribution in [1.82, 2.24) is 4.98 Å². The molecule has 0 N–H and O–H groups in total. The van der Waals surface area contributed by atoms with Crippen molar-refractivity contribution in [3.63, 3.8) is 0 Å². The van der Waals surface area contributed by atoms with Crippen LogP contribution in [-0.4, -0.2) is 12.1 Å². The molecule has 0 atom stereocenters.